The highest BCUT2D eigenvalue weighted by molar-refractivity contribution is 7.13. The lowest BCUT2D eigenvalue weighted by atomic mass is 10.1. The third kappa shape index (κ3) is 5.44. The van der Waals surface area contributed by atoms with Crippen LogP contribution in [0.1, 0.15) is 20.2 Å². The maximum absolute atomic E-state index is 12.5. The van der Waals surface area contributed by atoms with Crippen LogP contribution in [0.3, 0.4) is 0 Å². The first-order valence-electron chi connectivity index (χ1n) is 11.3. The second kappa shape index (κ2) is 10.2. The predicted molar refractivity (Wildman–Crippen MR) is 138 cm³/mol. The van der Waals surface area contributed by atoms with E-state index in [1.165, 1.54) is 11.3 Å². The Balaban J connectivity index is 1.34. The number of aromatic nitrogens is 4. The molecule has 1 aromatic carbocycles. The first-order chi connectivity index (χ1) is 17.0. The maximum Gasteiger partial charge on any atom is 0.267 e. The number of ether oxygens (including phenoxy) is 1. The lowest BCUT2D eigenvalue weighted by Gasteiger charge is -2.28. The summed E-state index contributed by atoms with van der Waals surface area (Å²) in [6.45, 7) is 6.98. The number of aryl methyl sites for hydroxylation is 2. The number of hydrogen-bond acceptors (Lipinski definition) is 9. The Morgan fingerprint density at radius 3 is 2.71 bits per heavy atom. The van der Waals surface area contributed by atoms with Crippen molar-refractivity contribution in [2.24, 2.45) is 0 Å². The second-order valence-electron chi connectivity index (χ2n) is 8.15. The number of rotatable bonds is 6. The van der Waals surface area contributed by atoms with Gasteiger partial charge in [-0.25, -0.2) is 15.0 Å². The van der Waals surface area contributed by atoms with Crippen molar-refractivity contribution < 1.29 is 9.53 Å². The van der Waals surface area contributed by atoms with Crippen LogP contribution in [-0.4, -0.2) is 52.1 Å². The molecular formula is C25H25N7O2S. The third-order valence-corrected chi connectivity index (χ3v) is 6.55. The molecule has 0 atom stereocenters. The summed E-state index contributed by atoms with van der Waals surface area (Å²) in [5, 5.41) is 7.07. The van der Waals surface area contributed by atoms with Crippen molar-refractivity contribution >= 4 is 40.3 Å². The van der Waals surface area contributed by atoms with Crippen LogP contribution in [-0.2, 0) is 4.74 Å². The summed E-state index contributed by atoms with van der Waals surface area (Å²) in [7, 11) is 0. The van der Waals surface area contributed by atoms with Gasteiger partial charge in [0.05, 0.1) is 42.0 Å². The fourth-order valence-corrected chi connectivity index (χ4v) is 4.43. The number of nitrogens with zero attached hydrogens (tertiary/aromatic N) is 5. The Bertz CT molecular complexity index is 1350. The highest BCUT2D eigenvalue weighted by Gasteiger charge is 2.14. The van der Waals surface area contributed by atoms with Crippen LogP contribution < -0.4 is 15.5 Å². The normalized spacial score (nSPS) is 13.5. The van der Waals surface area contributed by atoms with E-state index in [0.29, 0.717) is 29.7 Å². The van der Waals surface area contributed by atoms with Gasteiger partial charge in [-0.05, 0) is 43.7 Å². The van der Waals surface area contributed by atoms with Gasteiger partial charge in [-0.15, -0.1) is 11.3 Å². The standard InChI is InChI=1S/C25H25N7O2S/c1-16-3-4-19(29-24(33)23-15-28-17(2)35-23)12-22(16)31-25-27-6-5-21(30-25)18-11-20(14-26-13-18)32-7-9-34-10-8-32/h3-6,11-15H,7-10H2,1-2H3,(H,29,33)(H,27,30,31). The molecule has 0 radical (unpaired) electrons. The van der Waals surface area contributed by atoms with Gasteiger partial charge in [0.25, 0.3) is 5.91 Å². The van der Waals surface area contributed by atoms with Crippen molar-refractivity contribution in [3.05, 3.63) is 70.6 Å². The molecule has 10 heteroatoms. The smallest absolute Gasteiger partial charge is 0.267 e. The lowest BCUT2D eigenvalue weighted by Crippen LogP contribution is -2.36. The summed E-state index contributed by atoms with van der Waals surface area (Å²) in [6, 6.07) is 9.64. The number of carbonyl (C=O) groups excluding carboxylic acids is 1. The van der Waals surface area contributed by atoms with Crippen molar-refractivity contribution in [2.45, 2.75) is 13.8 Å². The molecule has 0 unspecified atom stereocenters. The molecule has 1 amide bonds. The molecule has 1 fully saturated rings. The molecule has 1 saturated heterocycles. The molecule has 0 spiro atoms. The Hall–Kier alpha value is -3.89. The summed E-state index contributed by atoms with van der Waals surface area (Å²) < 4.78 is 5.45. The van der Waals surface area contributed by atoms with E-state index in [0.717, 1.165) is 46.3 Å². The molecule has 3 aromatic heterocycles. The van der Waals surface area contributed by atoms with Gasteiger partial charge in [-0.1, -0.05) is 6.07 Å². The molecule has 35 heavy (non-hydrogen) atoms. The quantitative estimate of drug-likeness (QED) is 0.411. The Kier molecular flexibility index (Phi) is 6.64. The number of thiazole rings is 1. The number of morpholine rings is 1. The van der Waals surface area contributed by atoms with Gasteiger partial charge >= 0.3 is 0 Å². The average Bonchev–Trinajstić information content (AvgIpc) is 3.33. The molecule has 5 rings (SSSR count). The van der Waals surface area contributed by atoms with Crippen LogP contribution >= 0.6 is 11.3 Å². The molecule has 1 aliphatic rings. The van der Waals surface area contributed by atoms with Gasteiger partial charge < -0.3 is 20.3 Å². The average molecular weight is 488 g/mol. The van der Waals surface area contributed by atoms with E-state index in [4.69, 9.17) is 9.72 Å². The van der Waals surface area contributed by atoms with Gasteiger partial charge in [0.1, 0.15) is 4.88 Å². The zero-order chi connectivity index (χ0) is 24.2. The molecule has 4 aromatic rings. The van der Waals surface area contributed by atoms with Crippen molar-refractivity contribution in [1.29, 1.82) is 0 Å². The van der Waals surface area contributed by atoms with E-state index in [-0.39, 0.29) is 5.91 Å². The van der Waals surface area contributed by atoms with Gasteiger partial charge in [-0.3, -0.25) is 9.78 Å². The number of nitrogens with one attached hydrogen (secondary N) is 2. The monoisotopic (exact) mass is 487 g/mol. The third-order valence-electron chi connectivity index (χ3n) is 5.64. The van der Waals surface area contributed by atoms with Crippen LogP contribution in [0.15, 0.2) is 55.1 Å². The largest absolute Gasteiger partial charge is 0.378 e. The summed E-state index contributed by atoms with van der Waals surface area (Å²) in [6.07, 6.45) is 6.98. The van der Waals surface area contributed by atoms with E-state index in [9.17, 15) is 4.79 Å². The van der Waals surface area contributed by atoms with Crippen LogP contribution in [0.2, 0.25) is 0 Å². The number of carbonyl (C=O) groups is 1. The minimum atomic E-state index is -0.184. The first kappa shape index (κ1) is 22.9. The Morgan fingerprint density at radius 1 is 1.06 bits per heavy atom. The minimum absolute atomic E-state index is 0.184. The van der Waals surface area contributed by atoms with Gasteiger partial charge in [0.2, 0.25) is 5.95 Å². The fourth-order valence-electron chi connectivity index (χ4n) is 3.76. The predicted octanol–water partition coefficient (Wildman–Crippen LogP) is 4.44. The van der Waals surface area contributed by atoms with Crippen LogP contribution in [0.5, 0.6) is 0 Å². The first-order valence-corrected chi connectivity index (χ1v) is 12.1. The molecule has 1 aliphatic heterocycles. The summed E-state index contributed by atoms with van der Waals surface area (Å²) in [5.74, 6) is 0.278. The highest BCUT2D eigenvalue weighted by atomic mass is 32.1. The lowest BCUT2D eigenvalue weighted by molar-refractivity contribution is 0.103. The van der Waals surface area contributed by atoms with E-state index < -0.39 is 0 Å². The van der Waals surface area contributed by atoms with E-state index in [1.807, 2.05) is 44.3 Å². The number of benzene rings is 1. The maximum atomic E-state index is 12.5. The summed E-state index contributed by atoms with van der Waals surface area (Å²) >= 11 is 1.36. The SMILES string of the molecule is Cc1ncc(C(=O)Nc2ccc(C)c(Nc3nccc(-c4cncc(N5CCOCC5)c4)n3)c2)s1. The van der Waals surface area contributed by atoms with Gasteiger partial charge in [-0.2, -0.15) is 0 Å². The molecule has 2 N–H and O–H groups in total. The number of anilines is 4. The molecule has 9 nitrogen and oxygen atoms in total. The molecular weight excluding hydrogens is 462 g/mol. The van der Waals surface area contributed by atoms with Crippen molar-refractivity contribution in [3.8, 4) is 11.3 Å². The van der Waals surface area contributed by atoms with Crippen molar-refractivity contribution in [3.63, 3.8) is 0 Å². The Labute approximate surface area is 207 Å². The zero-order valence-electron chi connectivity index (χ0n) is 19.5. The van der Waals surface area contributed by atoms with Crippen molar-refractivity contribution in [1.82, 2.24) is 19.9 Å². The molecule has 178 valence electrons. The van der Waals surface area contributed by atoms with Crippen LogP contribution in [0.25, 0.3) is 11.3 Å². The van der Waals surface area contributed by atoms with Crippen molar-refractivity contribution in [2.75, 3.05) is 41.8 Å². The molecule has 0 aliphatic carbocycles. The summed E-state index contributed by atoms with van der Waals surface area (Å²) in [4.78, 5) is 33.0. The fraction of sp³-hybridized carbons (Fsp3) is 0.240. The minimum Gasteiger partial charge on any atom is -0.378 e. The number of pyridine rings is 1. The number of amides is 1. The molecule has 0 bridgehead atoms. The summed E-state index contributed by atoms with van der Waals surface area (Å²) in [5.41, 5.74) is 5.22. The van der Waals surface area contributed by atoms with Gasteiger partial charge in [0, 0.05) is 42.4 Å². The van der Waals surface area contributed by atoms with Crippen LogP contribution in [0, 0.1) is 13.8 Å². The number of hydrogen-bond donors (Lipinski definition) is 2. The zero-order valence-corrected chi connectivity index (χ0v) is 20.3. The van der Waals surface area contributed by atoms with Crippen LogP contribution in [0.4, 0.5) is 23.0 Å². The topological polar surface area (TPSA) is 105 Å². The second-order valence-corrected chi connectivity index (χ2v) is 9.38. The Morgan fingerprint density at radius 2 is 1.91 bits per heavy atom. The van der Waals surface area contributed by atoms with E-state index >= 15 is 0 Å². The van der Waals surface area contributed by atoms with Gasteiger partial charge in [0.15, 0.2) is 0 Å². The van der Waals surface area contributed by atoms with E-state index in [1.54, 1.807) is 18.6 Å². The molecule has 0 saturated carbocycles. The molecule has 4 heterocycles. The highest BCUT2D eigenvalue weighted by Crippen LogP contribution is 2.26. The van der Waals surface area contributed by atoms with E-state index in [2.05, 4.69) is 36.6 Å².